The summed E-state index contributed by atoms with van der Waals surface area (Å²) >= 11 is 3.77. The molecule has 5 rings (SSSR count). The number of allylic oxidation sites excluding steroid dienone is 6. The minimum Gasteiger partial charge on any atom is -0.335 e. The first kappa shape index (κ1) is 24.1. The molecule has 180 valence electrons. The minimum atomic E-state index is 0.256. The molecule has 0 unspecified atom stereocenters. The van der Waals surface area contributed by atoms with E-state index in [-0.39, 0.29) is 5.41 Å². The van der Waals surface area contributed by atoms with Crippen molar-refractivity contribution in [2.45, 2.75) is 58.9 Å². The number of aromatic nitrogens is 1. The van der Waals surface area contributed by atoms with E-state index < -0.39 is 0 Å². The Bertz CT molecular complexity index is 1380. The number of fused-ring (bicyclic) bond motifs is 2. The molecule has 3 aromatic rings. The second-order valence-corrected chi connectivity index (χ2v) is 12.4. The van der Waals surface area contributed by atoms with E-state index in [1.807, 2.05) is 23.1 Å². The third-order valence-electron chi connectivity index (χ3n) is 6.75. The summed E-state index contributed by atoms with van der Waals surface area (Å²) in [6, 6.07) is 15.5. The molecule has 1 aliphatic heterocycles. The Morgan fingerprint density at radius 2 is 1.91 bits per heavy atom. The van der Waals surface area contributed by atoms with Gasteiger partial charge in [-0.2, -0.15) is 4.57 Å². The Balaban J connectivity index is 1.43. The highest BCUT2D eigenvalue weighted by molar-refractivity contribution is 8.03. The van der Waals surface area contributed by atoms with E-state index in [1.165, 1.54) is 47.5 Å². The Morgan fingerprint density at radius 3 is 2.71 bits per heavy atom. The molecule has 35 heavy (non-hydrogen) atoms. The number of hydrogen-bond acceptors (Lipinski definition) is 3. The average Bonchev–Trinajstić information content (AvgIpc) is 3.34. The van der Waals surface area contributed by atoms with Crippen LogP contribution in [-0.4, -0.2) is 6.54 Å². The predicted octanol–water partition coefficient (Wildman–Crippen LogP) is 8.68. The maximum Gasteiger partial charge on any atom is 0.263 e. The van der Waals surface area contributed by atoms with Gasteiger partial charge in [-0.1, -0.05) is 73.4 Å². The van der Waals surface area contributed by atoms with Gasteiger partial charge in [-0.25, -0.2) is 0 Å². The van der Waals surface area contributed by atoms with Crippen molar-refractivity contribution >= 4 is 45.1 Å². The van der Waals surface area contributed by atoms with Gasteiger partial charge in [0.15, 0.2) is 0 Å². The number of para-hydroxylation sites is 1. The number of anilines is 1. The minimum absolute atomic E-state index is 0.256. The highest BCUT2D eigenvalue weighted by atomic mass is 32.2. The fourth-order valence-electron chi connectivity index (χ4n) is 5.27. The lowest BCUT2D eigenvalue weighted by Crippen LogP contribution is -2.33. The molecule has 0 saturated heterocycles. The van der Waals surface area contributed by atoms with Crippen LogP contribution in [0.1, 0.15) is 51.1 Å². The first-order chi connectivity index (χ1) is 16.9. The van der Waals surface area contributed by atoms with Crippen LogP contribution in [0.25, 0.3) is 16.3 Å². The summed E-state index contributed by atoms with van der Waals surface area (Å²) in [5, 5.41) is 2.65. The number of hydrogen-bond donors (Lipinski definition) is 0. The Kier molecular flexibility index (Phi) is 6.78. The van der Waals surface area contributed by atoms with Crippen molar-refractivity contribution in [1.82, 2.24) is 0 Å². The van der Waals surface area contributed by atoms with Gasteiger partial charge in [0.1, 0.15) is 11.2 Å². The smallest absolute Gasteiger partial charge is 0.263 e. The van der Waals surface area contributed by atoms with Gasteiger partial charge in [-0.3, -0.25) is 0 Å². The molecule has 2 nitrogen and oxygen atoms in total. The molecule has 1 aliphatic carbocycles. The molecule has 2 aromatic carbocycles. The fourth-order valence-corrected chi connectivity index (χ4v) is 7.59. The zero-order valence-electron chi connectivity index (χ0n) is 21.5. The predicted molar refractivity (Wildman–Crippen MR) is 154 cm³/mol. The molecule has 1 aromatic heterocycles. The summed E-state index contributed by atoms with van der Waals surface area (Å²) in [6.07, 6.45) is 13.9. The zero-order valence-corrected chi connectivity index (χ0v) is 23.1. The van der Waals surface area contributed by atoms with E-state index in [1.54, 1.807) is 0 Å². The van der Waals surface area contributed by atoms with Gasteiger partial charge in [-0.05, 0) is 80.0 Å². The molecule has 0 spiro atoms. The molecule has 0 radical (unpaired) electrons. The number of thioether (sulfide) groups is 1. The largest absolute Gasteiger partial charge is 0.335 e. The van der Waals surface area contributed by atoms with Gasteiger partial charge >= 0.3 is 0 Å². The summed E-state index contributed by atoms with van der Waals surface area (Å²) in [5.41, 5.74) is 7.09. The van der Waals surface area contributed by atoms with Gasteiger partial charge in [-0.15, -0.1) is 0 Å². The van der Waals surface area contributed by atoms with Gasteiger partial charge in [0.2, 0.25) is 5.52 Å². The Hall–Kier alpha value is -2.56. The Morgan fingerprint density at radius 1 is 1.09 bits per heavy atom. The average molecular weight is 500 g/mol. The normalized spacial score (nSPS) is 19.8. The van der Waals surface area contributed by atoms with Gasteiger partial charge in [0.25, 0.3) is 5.01 Å². The Labute approximate surface area is 218 Å². The van der Waals surface area contributed by atoms with Crippen molar-refractivity contribution in [1.29, 1.82) is 0 Å². The first-order valence-electron chi connectivity index (χ1n) is 12.6. The van der Waals surface area contributed by atoms with E-state index in [4.69, 9.17) is 0 Å². The number of aryl methyl sites for hydroxylation is 2. The summed E-state index contributed by atoms with van der Waals surface area (Å²) in [7, 11) is 0. The van der Waals surface area contributed by atoms with Gasteiger partial charge in [0.05, 0.1) is 10.7 Å². The molecule has 0 amide bonds. The molecule has 0 bridgehead atoms. The molecular weight excluding hydrogens is 464 g/mol. The van der Waals surface area contributed by atoms with E-state index >= 15 is 0 Å². The van der Waals surface area contributed by atoms with Crippen LogP contribution in [0, 0.1) is 12.3 Å². The van der Waals surface area contributed by atoms with Crippen LogP contribution in [-0.2, 0) is 6.54 Å². The number of benzene rings is 2. The highest BCUT2D eigenvalue weighted by Crippen LogP contribution is 2.46. The van der Waals surface area contributed by atoms with Crippen LogP contribution in [0.4, 0.5) is 5.69 Å². The molecule has 4 heteroatoms. The summed E-state index contributed by atoms with van der Waals surface area (Å²) in [4.78, 5) is 3.78. The molecule has 0 fully saturated rings. The third-order valence-corrected chi connectivity index (χ3v) is 8.99. The van der Waals surface area contributed by atoms with Crippen molar-refractivity contribution in [3.63, 3.8) is 0 Å². The monoisotopic (exact) mass is 499 g/mol. The van der Waals surface area contributed by atoms with Crippen molar-refractivity contribution in [2.75, 3.05) is 11.4 Å². The van der Waals surface area contributed by atoms with Gasteiger partial charge < -0.3 is 4.90 Å². The van der Waals surface area contributed by atoms with Crippen molar-refractivity contribution in [3.8, 4) is 0 Å². The van der Waals surface area contributed by atoms with Crippen LogP contribution in [0.15, 0.2) is 87.8 Å². The second kappa shape index (κ2) is 9.83. The molecular formula is C31H35N2S2+. The highest BCUT2D eigenvalue weighted by Gasteiger charge is 2.27. The van der Waals surface area contributed by atoms with E-state index in [0.29, 0.717) is 0 Å². The second-order valence-electron chi connectivity index (χ2n) is 10.3. The number of nitrogens with zero attached hydrogens (tertiary/aromatic N) is 2. The molecule has 0 saturated carbocycles. The van der Waals surface area contributed by atoms with Crippen LogP contribution in [0.5, 0.6) is 0 Å². The fraction of sp³-hybridized carbons (Fsp3) is 0.323. The summed E-state index contributed by atoms with van der Waals surface area (Å²) < 4.78 is 3.80. The lowest BCUT2D eigenvalue weighted by Gasteiger charge is -2.30. The molecule has 2 heterocycles. The van der Waals surface area contributed by atoms with Crippen LogP contribution in [0.3, 0.4) is 0 Å². The van der Waals surface area contributed by atoms with Crippen LogP contribution >= 0.6 is 23.1 Å². The maximum atomic E-state index is 2.44. The standard InChI is InChI=1S/C31H35N2S2/c1-6-32-25-12-8-9-13-27(25)35-30(32)19-24-18-23(20-31(4,5)21-24)11-10-14-29-33(7-2)26-17-22(3)15-16-28(26)34-29/h8-19H,6-7,20-21H2,1-5H3/q+1. The first-order valence-corrected chi connectivity index (χ1v) is 14.3. The summed E-state index contributed by atoms with van der Waals surface area (Å²) in [6.45, 7) is 13.4. The topological polar surface area (TPSA) is 7.12 Å². The number of thiazole rings is 1. The van der Waals surface area contributed by atoms with E-state index in [2.05, 4.69) is 117 Å². The third kappa shape index (κ3) is 5.05. The lowest BCUT2D eigenvalue weighted by atomic mass is 9.75. The molecule has 0 N–H and O–H groups in total. The van der Waals surface area contributed by atoms with Crippen molar-refractivity contribution in [2.24, 2.45) is 5.41 Å². The molecule has 2 aliphatic rings. The van der Waals surface area contributed by atoms with Crippen molar-refractivity contribution in [3.05, 3.63) is 93.5 Å². The quantitative estimate of drug-likeness (QED) is 0.324. The molecule has 0 atom stereocenters. The van der Waals surface area contributed by atoms with Crippen LogP contribution < -0.4 is 9.47 Å². The SMILES string of the molecule is CCN1/C(=C/C=C/C2=CC(=Cc3sc4ccccc4[n+]3CC)CC(C)(C)C2)Sc2ccc(C)cc21. The van der Waals surface area contributed by atoms with Crippen molar-refractivity contribution < 1.29 is 4.57 Å². The maximum absolute atomic E-state index is 2.44. The number of rotatable bonds is 5. The van der Waals surface area contributed by atoms with E-state index in [9.17, 15) is 0 Å². The lowest BCUT2D eigenvalue weighted by molar-refractivity contribution is -0.665. The van der Waals surface area contributed by atoms with E-state index in [0.717, 1.165) is 25.9 Å². The zero-order chi connectivity index (χ0) is 24.6. The van der Waals surface area contributed by atoms with Gasteiger partial charge in [0, 0.05) is 23.6 Å². The summed E-state index contributed by atoms with van der Waals surface area (Å²) in [5.74, 6) is 0. The van der Waals surface area contributed by atoms with Crippen LogP contribution in [0.2, 0.25) is 0 Å².